The van der Waals surface area contributed by atoms with Crippen LogP contribution in [0.25, 0.3) is 38.8 Å². The molecule has 0 fully saturated rings. The average molecular weight is 523 g/mol. The number of hydrogen-bond acceptors (Lipinski definition) is 5. The van der Waals surface area contributed by atoms with Crippen LogP contribution in [0.1, 0.15) is 18.2 Å². The molecule has 0 spiro atoms. The molecule has 0 radical (unpaired) electrons. The Kier molecular flexibility index (Phi) is 5.94. The first-order valence-corrected chi connectivity index (χ1v) is 11.2. The molecular formula is C25H17F4N7O2. The number of nitrogens with zero attached hydrogens (tertiary/aromatic N) is 6. The van der Waals surface area contributed by atoms with E-state index in [1.165, 1.54) is 18.6 Å². The number of nitriles is 1. The van der Waals surface area contributed by atoms with Gasteiger partial charge in [0.05, 0.1) is 34.8 Å². The Hall–Kier alpha value is -4.99. The van der Waals surface area contributed by atoms with Crippen LogP contribution in [0.15, 0.2) is 49.1 Å². The summed E-state index contributed by atoms with van der Waals surface area (Å²) in [7, 11) is 0. The van der Waals surface area contributed by atoms with Crippen LogP contribution in [0, 0.1) is 17.1 Å². The number of aromatic amines is 1. The van der Waals surface area contributed by atoms with Crippen LogP contribution in [0.2, 0.25) is 0 Å². The van der Waals surface area contributed by atoms with Gasteiger partial charge in [-0.25, -0.2) is 18.9 Å². The van der Waals surface area contributed by atoms with Crippen molar-refractivity contribution in [3.8, 4) is 22.9 Å². The van der Waals surface area contributed by atoms with E-state index in [1.54, 1.807) is 13.0 Å². The zero-order chi connectivity index (χ0) is 27.2. The van der Waals surface area contributed by atoms with Crippen molar-refractivity contribution in [1.82, 2.24) is 24.7 Å². The van der Waals surface area contributed by atoms with Crippen molar-refractivity contribution in [2.75, 3.05) is 11.4 Å². The van der Waals surface area contributed by atoms with Crippen molar-refractivity contribution in [2.45, 2.75) is 19.5 Å². The van der Waals surface area contributed by atoms with Gasteiger partial charge in [-0.15, -0.1) is 0 Å². The molecule has 0 aliphatic rings. The summed E-state index contributed by atoms with van der Waals surface area (Å²) < 4.78 is 56.2. The Morgan fingerprint density at radius 2 is 2.03 bits per heavy atom. The first-order chi connectivity index (χ1) is 18.1. The van der Waals surface area contributed by atoms with Gasteiger partial charge in [0.1, 0.15) is 11.5 Å². The van der Waals surface area contributed by atoms with Gasteiger partial charge in [0, 0.05) is 47.8 Å². The minimum Gasteiger partial charge on any atom is -0.465 e. The van der Waals surface area contributed by atoms with E-state index in [4.69, 9.17) is 5.26 Å². The highest BCUT2D eigenvalue weighted by Gasteiger charge is 2.34. The standard InChI is InChI=1S/C25H17F4N7O2/c1-2-35(24(37)38)18-9-15(26)8-16-20-22(36-6-4-19(34-36)25(27,28)29)17(12-32-23(20)33-21(16)18)14-7-13(3-5-30)10-31-11-14/h4,6-12H,2-3H2,1H3,(H,32,33)(H,37,38). The molecule has 1 aromatic carbocycles. The summed E-state index contributed by atoms with van der Waals surface area (Å²) in [5, 5.41) is 22.9. The molecule has 2 N–H and O–H groups in total. The van der Waals surface area contributed by atoms with E-state index < -0.39 is 23.8 Å². The van der Waals surface area contributed by atoms with E-state index >= 15 is 0 Å². The Labute approximate surface area is 211 Å². The number of aromatic nitrogens is 5. The number of pyridine rings is 2. The van der Waals surface area contributed by atoms with Gasteiger partial charge in [-0.3, -0.25) is 9.88 Å². The summed E-state index contributed by atoms with van der Waals surface area (Å²) in [6, 6.07) is 6.69. The molecule has 5 aromatic rings. The third kappa shape index (κ3) is 4.15. The monoisotopic (exact) mass is 523 g/mol. The molecule has 1 amide bonds. The summed E-state index contributed by atoms with van der Waals surface area (Å²) in [6.45, 7) is 1.60. The fourth-order valence-corrected chi connectivity index (χ4v) is 4.38. The smallest absolute Gasteiger partial charge is 0.435 e. The van der Waals surface area contributed by atoms with Gasteiger partial charge in [0.2, 0.25) is 0 Å². The lowest BCUT2D eigenvalue weighted by molar-refractivity contribution is -0.141. The number of halogens is 4. The molecule has 5 rings (SSSR count). The van der Waals surface area contributed by atoms with Crippen LogP contribution in [-0.2, 0) is 12.6 Å². The number of nitrogens with one attached hydrogen (secondary N) is 1. The molecule has 0 aliphatic carbocycles. The van der Waals surface area contributed by atoms with Gasteiger partial charge >= 0.3 is 12.3 Å². The third-order valence-electron chi connectivity index (χ3n) is 5.98. The van der Waals surface area contributed by atoms with E-state index in [9.17, 15) is 27.5 Å². The summed E-state index contributed by atoms with van der Waals surface area (Å²) in [4.78, 5) is 24.3. The van der Waals surface area contributed by atoms with Crippen molar-refractivity contribution in [3.63, 3.8) is 0 Å². The maximum atomic E-state index is 14.9. The van der Waals surface area contributed by atoms with E-state index in [2.05, 4.69) is 20.1 Å². The number of alkyl halides is 3. The Balaban J connectivity index is 1.90. The summed E-state index contributed by atoms with van der Waals surface area (Å²) in [6.07, 6.45) is -0.487. The number of benzene rings is 1. The van der Waals surface area contributed by atoms with Crippen LogP contribution in [0.3, 0.4) is 0 Å². The molecule has 38 heavy (non-hydrogen) atoms. The van der Waals surface area contributed by atoms with Crippen molar-refractivity contribution < 1.29 is 27.5 Å². The minimum atomic E-state index is -4.71. The molecule has 192 valence electrons. The quantitative estimate of drug-likeness (QED) is 0.285. The molecular weight excluding hydrogens is 506 g/mol. The van der Waals surface area contributed by atoms with E-state index in [0.29, 0.717) is 16.7 Å². The van der Waals surface area contributed by atoms with E-state index in [0.717, 1.165) is 34.0 Å². The Morgan fingerprint density at radius 3 is 2.68 bits per heavy atom. The first-order valence-electron chi connectivity index (χ1n) is 11.2. The van der Waals surface area contributed by atoms with Crippen molar-refractivity contribution in [1.29, 1.82) is 5.26 Å². The second-order valence-corrected chi connectivity index (χ2v) is 8.30. The fourth-order valence-electron chi connectivity index (χ4n) is 4.38. The van der Waals surface area contributed by atoms with Crippen molar-refractivity contribution >= 4 is 33.7 Å². The molecule has 0 saturated heterocycles. The number of hydrogen-bond donors (Lipinski definition) is 2. The van der Waals surface area contributed by atoms with Gasteiger partial charge in [-0.1, -0.05) is 0 Å². The number of anilines is 1. The molecule has 0 bridgehead atoms. The van der Waals surface area contributed by atoms with Gasteiger partial charge < -0.3 is 10.1 Å². The molecule has 0 aliphatic heterocycles. The van der Waals surface area contributed by atoms with Crippen LogP contribution in [-0.4, -0.2) is 42.5 Å². The highest BCUT2D eigenvalue weighted by molar-refractivity contribution is 6.16. The molecule has 13 heteroatoms. The zero-order valence-corrected chi connectivity index (χ0v) is 19.6. The SMILES string of the molecule is CCN(C(=O)O)c1cc(F)cc2c1[nH]c1ncc(-c3cncc(CC#N)c3)c(-n3ccc(C(F)(F)F)n3)c12. The van der Waals surface area contributed by atoms with Gasteiger partial charge in [0.25, 0.3) is 0 Å². The topological polar surface area (TPSA) is 124 Å². The average Bonchev–Trinajstić information content (AvgIpc) is 3.50. The number of carbonyl (C=O) groups is 1. The number of H-pyrrole nitrogens is 1. The van der Waals surface area contributed by atoms with Crippen LogP contribution < -0.4 is 4.90 Å². The predicted molar refractivity (Wildman–Crippen MR) is 129 cm³/mol. The summed E-state index contributed by atoms with van der Waals surface area (Å²) in [5.74, 6) is -0.751. The van der Waals surface area contributed by atoms with Crippen LogP contribution >= 0.6 is 0 Å². The number of rotatable bonds is 5. The van der Waals surface area contributed by atoms with E-state index in [-0.39, 0.29) is 46.3 Å². The lowest BCUT2D eigenvalue weighted by Gasteiger charge is -2.18. The molecule has 0 unspecified atom stereocenters. The normalized spacial score (nSPS) is 11.7. The molecule has 4 aromatic heterocycles. The highest BCUT2D eigenvalue weighted by atomic mass is 19.4. The summed E-state index contributed by atoms with van der Waals surface area (Å²) >= 11 is 0. The second kappa shape index (κ2) is 9.15. The van der Waals surface area contributed by atoms with Gasteiger partial charge in [-0.05, 0) is 36.8 Å². The molecule has 4 heterocycles. The molecule has 0 atom stereocenters. The zero-order valence-electron chi connectivity index (χ0n) is 19.6. The lowest BCUT2D eigenvalue weighted by atomic mass is 10.0. The van der Waals surface area contributed by atoms with Crippen molar-refractivity contribution in [2.24, 2.45) is 0 Å². The Bertz CT molecular complexity index is 1750. The van der Waals surface area contributed by atoms with Gasteiger partial charge in [-0.2, -0.15) is 23.5 Å². The highest BCUT2D eigenvalue weighted by Crippen LogP contribution is 2.40. The molecule has 9 nitrogen and oxygen atoms in total. The maximum absolute atomic E-state index is 14.9. The Morgan fingerprint density at radius 1 is 1.24 bits per heavy atom. The lowest BCUT2D eigenvalue weighted by Crippen LogP contribution is -2.29. The molecule has 0 saturated carbocycles. The summed E-state index contributed by atoms with van der Waals surface area (Å²) in [5.41, 5.74) is 0.765. The van der Waals surface area contributed by atoms with Crippen LogP contribution in [0.4, 0.5) is 28.0 Å². The number of amides is 1. The minimum absolute atomic E-state index is 0.0141. The maximum Gasteiger partial charge on any atom is 0.435 e. The predicted octanol–water partition coefficient (Wildman–Crippen LogP) is 5.69. The van der Waals surface area contributed by atoms with Crippen molar-refractivity contribution in [3.05, 3.63) is 66.1 Å². The van der Waals surface area contributed by atoms with Crippen LogP contribution in [0.5, 0.6) is 0 Å². The van der Waals surface area contributed by atoms with Gasteiger partial charge in [0.15, 0.2) is 5.69 Å². The largest absolute Gasteiger partial charge is 0.465 e. The second-order valence-electron chi connectivity index (χ2n) is 8.30. The third-order valence-corrected chi connectivity index (χ3v) is 5.98. The number of carboxylic acid groups (broad SMARTS) is 1. The number of fused-ring (bicyclic) bond motifs is 3. The fraction of sp³-hybridized carbons (Fsp3) is 0.160. The first kappa shape index (κ1) is 24.7. The van der Waals surface area contributed by atoms with E-state index in [1.807, 2.05) is 6.07 Å².